The predicted octanol–water partition coefficient (Wildman–Crippen LogP) is 2.64. The Morgan fingerprint density at radius 3 is 2.79 bits per heavy atom. The average molecular weight is 401 g/mol. The van der Waals surface area contributed by atoms with Crippen LogP contribution in [-0.4, -0.2) is 63.1 Å². The predicted molar refractivity (Wildman–Crippen MR) is 109 cm³/mol. The molecule has 0 aromatic carbocycles. The van der Waals surface area contributed by atoms with E-state index in [9.17, 15) is 9.90 Å². The van der Waals surface area contributed by atoms with Gasteiger partial charge in [-0.1, -0.05) is 0 Å². The topological polar surface area (TPSA) is 69.6 Å². The van der Waals surface area contributed by atoms with E-state index in [1.54, 1.807) is 11.3 Å². The minimum atomic E-state index is -0.364. The van der Waals surface area contributed by atoms with Crippen molar-refractivity contribution in [3.63, 3.8) is 0 Å². The van der Waals surface area contributed by atoms with Crippen LogP contribution >= 0.6 is 11.3 Å². The van der Waals surface area contributed by atoms with Crippen LogP contribution in [0.25, 0.3) is 0 Å². The zero-order chi connectivity index (χ0) is 19.7. The summed E-state index contributed by atoms with van der Waals surface area (Å²) in [6.07, 6.45) is 4.11. The minimum Gasteiger partial charge on any atom is -0.392 e. The molecule has 150 valence electrons. The molecule has 0 bridgehead atoms. The van der Waals surface area contributed by atoms with E-state index in [4.69, 9.17) is 0 Å². The molecule has 2 aliphatic rings. The van der Waals surface area contributed by atoms with Gasteiger partial charge in [0, 0.05) is 60.1 Å². The van der Waals surface area contributed by atoms with Crippen LogP contribution in [0.3, 0.4) is 0 Å². The second kappa shape index (κ2) is 7.89. The fraction of sp³-hybridized carbons (Fsp3) is 0.571. The maximum atomic E-state index is 13.2. The van der Waals surface area contributed by atoms with E-state index in [1.807, 2.05) is 42.5 Å². The van der Waals surface area contributed by atoms with Crippen molar-refractivity contribution in [1.29, 1.82) is 0 Å². The number of piperidine rings is 2. The van der Waals surface area contributed by atoms with Gasteiger partial charge in [-0.05, 0) is 45.2 Å². The second-order valence-electron chi connectivity index (χ2n) is 8.27. The number of thiazole rings is 1. The van der Waals surface area contributed by atoms with E-state index in [0.29, 0.717) is 12.1 Å². The first-order chi connectivity index (χ1) is 13.4. The number of hydrogen-bond donors (Lipinski definition) is 1. The Kier molecular flexibility index (Phi) is 5.49. The van der Waals surface area contributed by atoms with Crippen LogP contribution in [0.5, 0.6) is 0 Å². The Hall–Kier alpha value is -1.83. The number of aliphatic hydroxyl groups excluding tert-OH is 1. The zero-order valence-corrected chi connectivity index (χ0v) is 17.4. The third-order valence-corrected chi connectivity index (χ3v) is 6.79. The smallest absolute Gasteiger partial charge is 0.254 e. The highest BCUT2D eigenvalue weighted by atomic mass is 32.1. The van der Waals surface area contributed by atoms with Gasteiger partial charge in [-0.3, -0.25) is 14.7 Å². The van der Waals surface area contributed by atoms with Crippen LogP contribution in [0.4, 0.5) is 0 Å². The van der Waals surface area contributed by atoms with Crippen LogP contribution in [-0.2, 0) is 6.54 Å². The molecule has 1 spiro atoms. The van der Waals surface area contributed by atoms with E-state index in [2.05, 4.69) is 14.9 Å². The van der Waals surface area contributed by atoms with Crippen LogP contribution in [0.2, 0.25) is 0 Å². The third-order valence-electron chi connectivity index (χ3n) is 6.03. The normalized spacial score (nSPS) is 26.0. The van der Waals surface area contributed by atoms with E-state index >= 15 is 0 Å². The molecule has 2 fully saturated rings. The highest BCUT2D eigenvalue weighted by Gasteiger charge is 2.46. The number of likely N-dealkylation sites (tertiary alicyclic amines) is 2. The van der Waals surface area contributed by atoms with Gasteiger partial charge in [0.25, 0.3) is 5.91 Å². The molecule has 1 amide bonds. The van der Waals surface area contributed by atoms with Gasteiger partial charge in [0.1, 0.15) is 5.01 Å². The molecule has 2 aromatic rings. The van der Waals surface area contributed by atoms with Gasteiger partial charge in [-0.2, -0.15) is 0 Å². The summed E-state index contributed by atoms with van der Waals surface area (Å²) in [5.74, 6) is 0.0527. The van der Waals surface area contributed by atoms with Crippen molar-refractivity contribution < 1.29 is 9.90 Å². The molecule has 0 aliphatic carbocycles. The number of rotatable bonds is 3. The van der Waals surface area contributed by atoms with E-state index in [-0.39, 0.29) is 17.4 Å². The van der Waals surface area contributed by atoms with Crippen LogP contribution in [0.1, 0.15) is 46.0 Å². The molecule has 4 heterocycles. The quantitative estimate of drug-likeness (QED) is 0.858. The first kappa shape index (κ1) is 19.5. The molecule has 2 saturated heterocycles. The van der Waals surface area contributed by atoms with Crippen molar-refractivity contribution in [3.8, 4) is 0 Å². The monoisotopic (exact) mass is 400 g/mol. The summed E-state index contributed by atoms with van der Waals surface area (Å²) in [7, 11) is 0. The molecule has 2 atom stereocenters. The van der Waals surface area contributed by atoms with Gasteiger partial charge in [0.05, 0.1) is 12.6 Å². The largest absolute Gasteiger partial charge is 0.392 e. The van der Waals surface area contributed by atoms with Gasteiger partial charge in [-0.15, -0.1) is 11.3 Å². The van der Waals surface area contributed by atoms with E-state index < -0.39 is 0 Å². The van der Waals surface area contributed by atoms with Gasteiger partial charge in [0.15, 0.2) is 0 Å². The molecule has 2 aliphatic heterocycles. The second-order valence-corrected chi connectivity index (χ2v) is 9.25. The Balaban J connectivity index is 1.51. The molecule has 4 rings (SSSR count). The van der Waals surface area contributed by atoms with Crippen LogP contribution in [0, 0.1) is 19.3 Å². The number of hydrogen-bond acceptors (Lipinski definition) is 6. The number of carbonyl (C=O) groups excluding carboxylic acids is 1. The maximum Gasteiger partial charge on any atom is 0.254 e. The standard InChI is InChI=1S/C21H28N4O2S/c1-15-10-17(11-16(2)23-15)20(27)25-7-3-5-21(14-25)13-24(8-4-18(21)26)12-19-22-6-9-28-19/h6,9-11,18,26H,3-5,7-8,12-14H2,1-2H3/t18-,21-/m1/s1. The Morgan fingerprint density at radius 2 is 2.07 bits per heavy atom. The summed E-state index contributed by atoms with van der Waals surface area (Å²) >= 11 is 1.67. The highest BCUT2D eigenvalue weighted by Crippen LogP contribution is 2.39. The summed E-state index contributed by atoms with van der Waals surface area (Å²) in [4.78, 5) is 26.3. The van der Waals surface area contributed by atoms with Crippen molar-refractivity contribution in [2.24, 2.45) is 5.41 Å². The number of aromatic nitrogens is 2. The molecule has 2 aromatic heterocycles. The average Bonchev–Trinajstić information content (AvgIpc) is 3.17. The fourth-order valence-corrected chi connectivity index (χ4v) is 5.43. The highest BCUT2D eigenvalue weighted by molar-refractivity contribution is 7.09. The molecule has 0 radical (unpaired) electrons. The van der Waals surface area contributed by atoms with Crippen molar-refractivity contribution in [3.05, 3.63) is 45.7 Å². The van der Waals surface area contributed by atoms with E-state index in [1.165, 1.54) is 0 Å². The summed E-state index contributed by atoms with van der Waals surface area (Å²) < 4.78 is 0. The van der Waals surface area contributed by atoms with Crippen molar-refractivity contribution in [1.82, 2.24) is 19.8 Å². The van der Waals surface area contributed by atoms with Crippen molar-refractivity contribution in [2.45, 2.75) is 45.8 Å². The molecular formula is C21H28N4O2S. The molecule has 7 heteroatoms. The molecular weight excluding hydrogens is 372 g/mol. The van der Waals surface area contributed by atoms with Gasteiger partial charge >= 0.3 is 0 Å². The van der Waals surface area contributed by atoms with Gasteiger partial charge in [0.2, 0.25) is 0 Å². The number of amides is 1. The third kappa shape index (κ3) is 3.97. The van der Waals surface area contributed by atoms with Crippen molar-refractivity contribution >= 4 is 17.2 Å². The summed E-state index contributed by atoms with van der Waals surface area (Å²) in [6, 6.07) is 3.73. The van der Waals surface area contributed by atoms with Gasteiger partial charge in [-0.25, -0.2) is 4.98 Å². The molecule has 1 N–H and O–H groups in total. The van der Waals surface area contributed by atoms with Crippen LogP contribution < -0.4 is 0 Å². The number of carbonyl (C=O) groups is 1. The Bertz CT molecular complexity index is 821. The first-order valence-electron chi connectivity index (χ1n) is 9.99. The molecule has 28 heavy (non-hydrogen) atoms. The zero-order valence-electron chi connectivity index (χ0n) is 16.6. The number of aliphatic hydroxyl groups is 1. The number of aryl methyl sites for hydroxylation is 2. The summed E-state index contributed by atoms with van der Waals surface area (Å²) in [5.41, 5.74) is 2.18. The van der Waals surface area contributed by atoms with Crippen LogP contribution in [0.15, 0.2) is 23.7 Å². The lowest BCUT2D eigenvalue weighted by molar-refractivity contribution is -0.0805. The number of pyridine rings is 1. The first-order valence-corrected chi connectivity index (χ1v) is 10.9. The lowest BCUT2D eigenvalue weighted by Gasteiger charge is -2.51. The SMILES string of the molecule is Cc1cc(C(=O)N2CCC[C@@]3(CN(Cc4nccs4)CC[C@H]3O)C2)cc(C)n1. The van der Waals surface area contributed by atoms with E-state index in [0.717, 1.165) is 61.8 Å². The Morgan fingerprint density at radius 1 is 1.29 bits per heavy atom. The summed E-state index contributed by atoms with van der Waals surface area (Å²) in [5, 5.41) is 14.0. The minimum absolute atomic E-state index is 0.0527. The summed E-state index contributed by atoms with van der Waals surface area (Å²) in [6.45, 7) is 7.71. The molecule has 0 unspecified atom stereocenters. The molecule has 6 nitrogen and oxygen atoms in total. The van der Waals surface area contributed by atoms with Crippen molar-refractivity contribution in [2.75, 3.05) is 26.2 Å². The number of nitrogens with zero attached hydrogens (tertiary/aromatic N) is 4. The maximum absolute atomic E-state index is 13.2. The van der Waals surface area contributed by atoms with Gasteiger partial charge < -0.3 is 10.0 Å². The fourth-order valence-electron chi connectivity index (χ4n) is 4.77. The lowest BCUT2D eigenvalue weighted by Crippen LogP contribution is -2.59. The lowest BCUT2D eigenvalue weighted by atomic mass is 9.71. The molecule has 0 saturated carbocycles. The Labute approximate surface area is 170 Å².